The molecule has 6 nitrogen and oxygen atoms in total. The van der Waals surface area contributed by atoms with Gasteiger partial charge in [0.2, 0.25) is 0 Å². The highest BCUT2D eigenvalue weighted by atomic mass is 79.9. The zero-order valence-electron chi connectivity index (χ0n) is 16.0. The molecule has 0 saturated carbocycles. The Balaban J connectivity index is 1.91. The van der Waals surface area contributed by atoms with Gasteiger partial charge in [-0.05, 0) is 65.4 Å². The van der Waals surface area contributed by atoms with Gasteiger partial charge in [0, 0.05) is 23.7 Å². The zero-order chi connectivity index (χ0) is 20.8. The maximum Gasteiger partial charge on any atom is 0.162 e. The number of benzene rings is 2. The fourth-order valence-electron chi connectivity index (χ4n) is 2.99. The second-order valence-electron chi connectivity index (χ2n) is 6.52. The van der Waals surface area contributed by atoms with Crippen molar-refractivity contribution in [3.63, 3.8) is 0 Å². The van der Waals surface area contributed by atoms with E-state index in [4.69, 9.17) is 9.84 Å². The summed E-state index contributed by atoms with van der Waals surface area (Å²) in [7, 11) is 1.47. The van der Waals surface area contributed by atoms with Crippen LogP contribution >= 0.6 is 15.9 Å². The number of unbranched alkanes of at least 4 members (excludes halogenated alkanes) is 3. The van der Waals surface area contributed by atoms with E-state index in [1.807, 2.05) is 0 Å². The molecule has 8 heteroatoms. The first kappa shape index (κ1) is 21.3. The Morgan fingerprint density at radius 2 is 2.03 bits per heavy atom. The van der Waals surface area contributed by atoms with Gasteiger partial charge in [-0.25, -0.2) is 14.4 Å². The summed E-state index contributed by atoms with van der Waals surface area (Å²) >= 11 is 3.23. The molecule has 0 aliphatic heterocycles. The van der Waals surface area contributed by atoms with Crippen LogP contribution < -0.4 is 10.1 Å². The number of aliphatic hydroxyl groups is 1. The van der Waals surface area contributed by atoms with Crippen molar-refractivity contribution in [2.24, 2.45) is 0 Å². The molecular weight excluding hydrogens is 441 g/mol. The van der Waals surface area contributed by atoms with E-state index in [-0.39, 0.29) is 18.2 Å². The summed E-state index contributed by atoms with van der Waals surface area (Å²) in [6, 6.07) is 6.33. The Hall–Kier alpha value is -2.45. The molecule has 1 aromatic heterocycles. The topological polar surface area (TPSA) is 87.5 Å². The third kappa shape index (κ3) is 5.13. The minimum Gasteiger partial charge on any atom is -0.504 e. The first-order valence-electron chi connectivity index (χ1n) is 9.22. The Labute approximate surface area is 176 Å². The molecule has 0 saturated heterocycles. The Kier molecular flexibility index (Phi) is 7.22. The molecule has 0 unspecified atom stereocenters. The van der Waals surface area contributed by atoms with Crippen molar-refractivity contribution in [2.45, 2.75) is 25.7 Å². The molecule has 0 fully saturated rings. The number of methoxy groups -OCH3 is 1. The van der Waals surface area contributed by atoms with Crippen molar-refractivity contribution < 1.29 is 19.3 Å². The van der Waals surface area contributed by atoms with E-state index in [1.165, 1.54) is 25.6 Å². The van der Waals surface area contributed by atoms with Crippen LogP contribution in [0.4, 0.5) is 15.9 Å². The largest absolute Gasteiger partial charge is 0.504 e. The van der Waals surface area contributed by atoms with Crippen LogP contribution in [0.15, 0.2) is 35.1 Å². The predicted octanol–water partition coefficient (Wildman–Crippen LogP) is 4.90. The van der Waals surface area contributed by atoms with Crippen LogP contribution in [-0.4, -0.2) is 33.9 Å². The molecule has 3 N–H and O–H groups in total. The highest BCUT2D eigenvalue weighted by Crippen LogP contribution is 2.35. The SMILES string of the molecule is COc1cc2ncnc(Nc3cc(Br)c(F)cc3C[CH]CCCCO)c2cc1O. The molecular formula is C21H22BrFN3O3. The summed E-state index contributed by atoms with van der Waals surface area (Å²) in [5, 5.41) is 22.9. The van der Waals surface area contributed by atoms with Gasteiger partial charge in [-0.1, -0.05) is 6.42 Å². The molecule has 3 rings (SSSR count). The second kappa shape index (κ2) is 9.84. The first-order valence-corrected chi connectivity index (χ1v) is 10.0. The summed E-state index contributed by atoms with van der Waals surface area (Å²) in [4.78, 5) is 8.52. The Morgan fingerprint density at radius 3 is 2.79 bits per heavy atom. The van der Waals surface area contributed by atoms with E-state index in [9.17, 15) is 9.50 Å². The van der Waals surface area contributed by atoms with E-state index < -0.39 is 0 Å². The number of ether oxygens (including phenoxy) is 1. The van der Waals surface area contributed by atoms with Gasteiger partial charge in [0.05, 0.1) is 17.1 Å². The first-order chi connectivity index (χ1) is 14.0. The van der Waals surface area contributed by atoms with E-state index in [0.717, 1.165) is 24.8 Å². The number of phenols is 1. The normalized spacial score (nSPS) is 11.0. The number of hydrogen-bond acceptors (Lipinski definition) is 6. The van der Waals surface area contributed by atoms with Gasteiger partial charge in [0.1, 0.15) is 18.0 Å². The standard InChI is InChI=1S/C21H22BrFN3O3/c1-29-20-11-18-14(9-19(20)28)21(25-12-24-18)26-17-10-15(22)16(23)8-13(17)6-4-2-3-5-7-27/h4,8-12,27-28H,2-3,5-7H2,1H3,(H,24,25,26). The fourth-order valence-corrected chi connectivity index (χ4v) is 3.34. The van der Waals surface area contributed by atoms with Crippen molar-refractivity contribution in [1.29, 1.82) is 0 Å². The molecule has 0 spiro atoms. The molecule has 0 atom stereocenters. The van der Waals surface area contributed by atoms with Crippen molar-refractivity contribution in [1.82, 2.24) is 9.97 Å². The summed E-state index contributed by atoms with van der Waals surface area (Å²) in [5.74, 6) is 0.456. The molecule has 1 radical (unpaired) electrons. The quantitative estimate of drug-likeness (QED) is 0.392. The average molecular weight is 463 g/mol. The molecule has 0 bridgehead atoms. The van der Waals surface area contributed by atoms with Crippen LogP contribution in [0.2, 0.25) is 0 Å². The highest BCUT2D eigenvalue weighted by molar-refractivity contribution is 9.10. The molecule has 153 valence electrons. The minimum absolute atomic E-state index is 0.0180. The molecule has 1 heterocycles. The van der Waals surface area contributed by atoms with Crippen LogP contribution in [0.3, 0.4) is 0 Å². The molecule has 3 aromatic rings. The Bertz CT molecular complexity index is 1000. The number of halogens is 2. The number of aromatic nitrogens is 2. The number of nitrogens with one attached hydrogen (secondary N) is 1. The third-order valence-corrected chi connectivity index (χ3v) is 5.12. The highest BCUT2D eigenvalue weighted by Gasteiger charge is 2.13. The maximum atomic E-state index is 14.1. The van der Waals surface area contributed by atoms with Gasteiger partial charge in [0.25, 0.3) is 0 Å². The third-order valence-electron chi connectivity index (χ3n) is 4.52. The molecule has 0 amide bonds. The zero-order valence-corrected chi connectivity index (χ0v) is 17.5. The van der Waals surface area contributed by atoms with Crippen LogP contribution in [0.5, 0.6) is 11.5 Å². The summed E-state index contributed by atoms with van der Waals surface area (Å²) in [5.41, 5.74) is 2.08. The number of fused-ring (bicyclic) bond motifs is 1. The predicted molar refractivity (Wildman–Crippen MR) is 114 cm³/mol. The number of aromatic hydroxyl groups is 1. The van der Waals surface area contributed by atoms with Crippen LogP contribution in [0, 0.1) is 12.2 Å². The van der Waals surface area contributed by atoms with E-state index in [2.05, 4.69) is 37.6 Å². The second-order valence-corrected chi connectivity index (χ2v) is 7.38. The molecule has 0 aliphatic carbocycles. The maximum absolute atomic E-state index is 14.1. The fraction of sp³-hybridized carbons (Fsp3) is 0.286. The van der Waals surface area contributed by atoms with Gasteiger partial charge in [0.15, 0.2) is 11.5 Å². The number of hydrogen-bond donors (Lipinski definition) is 3. The van der Waals surface area contributed by atoms with Crippen molar-refractivity contribution in [3.05, 3.63) is 52.9 Å². The van der Waals surface area contributed by atoms with Gasteiger partial charge >= 0.3 is 0 Å². The average Bonchev–Trinajstić information content (AvgIpc) is 2.71. The van der Waals surface area contributed by atoms with Crippen molar-refractivity contribution in [3.8, 4) is 11.5 Å². The summed E-state index contributed by atoms with van der Waals surface area (Å²) in [6.07, 6.45) is 6.52. The minimum atomic E-state index is -0.343. The van der Waals surface area contributed by atoms with Crippen molar-refractivity contribution in [2.75, 3.05) is 19.0 Å². The monoisotopic (exact) mass is 462 g/mol. The molecule has 29 heavy (non-hydrogen) atoms. The number of anilines is 2. The van der Waals surface area contributed by atoms with Gasteiger partial charge in [-0.3, -0.25) is 0 Å². The van der Waals surface area contributed by atoms with Crippen LogP contribution in [0.25, 0.3) is 10.9 Å². The number of phenolic OH excluding ortho intramolecular Hbond substituents is 1. The number of nitrogens with zero attached hydrogens (tertiary/aromatic N) is 2. The van der Waals surface area contributed by atoms with E-state index in [0.29, 0.717) is 39.1 Å². The summed E-state index contributed by atoms with van der Waals surface area (Å²) < 4.78 is 19.6. The van der Waals surface area contributed by atoms with Gasteiger partial charge < -0.3 is 20.3 Å². The summed E-state index contributed by atoms with van der Waals surface area (Å²) in [6.45, 7) is 0.173. The number of aliphatic hydroxyl groups excluding tert-OH is 1. The van der Waals surface area contributed by atoms with Crippen molar-refractivity contribution >= 4 is 38.3 Å². The lowest BCUT2D eigenvalue weighted by molar-refractivity contribution is 0.284. The smallest absolute Gasteiger partial charge is 0.162 e. The number of rotatable bonds is 9. The van der Waals surface area contributed by atoms with Gasteiger partial charge in [-0.15, -0.1) is 0 Å². The van der Waals surface area contributed by atoms with E-state index in [1.54, 1.807) is 12.1 Å². The van der Waals surface area contributed by atoms with Crippen LogP contribution in [-0.2, 0) is 6.42 Å². The van der Waals surface area contributed by atoms with Gasteiger partial charge in [-0.2, -0.15) is 0 Å². The lowest BCUT2D eigenvalue weighted by Gasteiger charge is -2.15. The lowest BCUT2D eigenvalue weighted by Crippen LogP contribution is -2.02. The van der Waals surface area contributed by atoms with Crippen LogP contribution in [0.1, 0.15) is 24.8 Å². The Morgan fingerprint density at radius 1 is 1.21 bits per heavy atom. The molecule has 2 aromatic carbocycles. The molecule has 0 aliphatic rings. The lowest BCUT2D eigenvalue weighted by atomic mass is 10.0. The van der Waals surface area contributed by atoms with E-state index >= 15 is 0 Å².